The van der Waals surface area contributed by atoms with Crippen LogP contribution in [0.2, 0.25) is 5.28 Å². The summed E-state index contributed by atoms with van der Waals surface area (Å²) in [5.74, 6) is 1.11. The number of aromatic nitrogens is 3. The highest BCUT2D eigenvalue weighted by Gasteiger charge is 2.16. The smallest absolute Gasteiger partial charge is 0.231 e. The predicted molar refractivity (Wildman–Crippen MR) is 75.7 cm³/mol. The summed E-state index contributed by atoms with van der Waals surface area (Å²) in [6.45, 7) is 4.03. The van der Waals surface area contributed by atoms with Gasteiger partial charge in [0.15, 0.2) is 0 Å². The average molecular weight is 286 g/mol. The molecular weight excluding hydrogens is 266 g/mol. The number of nitrogens with zero attached hydrogens (tertiary/aromatic N) is 4. The van der Waals surface area contributed by atoms with Crippen LogP contribution in [0.1, 0.15) is 32.6 Å². The van der Waals surface area contributed by atoms with E-state index in [1.165, 1.54) is 6.42 Å². The molecule has 2 heterocycles. The summed E-state index contributed by atoms with van der Waals surface area (Å²) < 4.78 is 0. The molecule has 1 aliphatic heterocycles. The lowest BCUT2D eigenvalue weighted by Crippen LogP contribution is -2.31. The van der Waals surface area contributed by atoms with Gasteiger partial charge in [0.05, 0.1) is 0 Å². The van der Waals surface area contributed by atoms with E-state index in [1.807, 2.05) is 6.92 Å². The lowest BCUT2D eigenvalue weighted by molar-refractivity contribution is 0.282. The van der Waals surface area contributed by atoms with E-state index in [2.05, 4.69) is 25.2 Å². The maximum absolute atomic E-state index is 8.90. The molecule has 1 atom stereocenters. The molecule has 1 saturated heterocycles. The molecule has 0 spiro atoms. The van der Waals surface area contributed by atoms with Crippen molar-refractivity contribution >= 4 is 23.5 Å². The van der Waals surface area contributed by atoms with Gasteiger partial charge in [-0.15, -0.1) is 0 Å². The highest BCUT2D eigenvalue weighted by atomic mass is 35.5. The van der Waals surface area contributed by atoms with Gasteiger partial charge in [-0.05, 0) is 44.2 Å². The summed E-state index contributed by atoms with van der Waals surface area (Å²) in [4.78, 5) is 14.8. The van der Waals surface area contributed by atoms with Crippen molar-refractivity contribution in [1.82, 2.24) is 15.0 Å². The van der Waals surface area contributed by atoms with Gasteiger partial charge >= 0.3 is 0 Å². The van der Waals surface area contributed by atoms with Gasteiger partial charge in [0.2, 0.25) is 17.2 Å². The summed E-state index contributed by atoms with van der Waals surface area (Å²) in [5, 5.41) is 12.2. The van der Waals surface area contributed by atoms with E-state index >= 15 is 0 Å². The van der Waals surface area contributed by atoms with Crippen molar-refractivity contribution < 1.29 is 5.11 Å². The standard InChI is InChI=1S/C12H20ClN5O/c1-9(5-8-19)14-11-15-10(13)16-12(17-11)18-6-3-2-4-7-18/h9,19H,2-8H2,1H3,(H,14,15,16,17). The first-order valence-electron chi connectivity index (χ1n) is 6.73. The molecule has 1 aromatic rings. The Morgan fingerprint density at radius 3 is 2.68 bits per heavy atom. The van der Waals surface area contributed by atoms with Crippen LogP contribution in [0.25, 0.3) is 0 Å². The van der Waals surface area contributed by atoms with E-state index in [0.29, 0.717) is 18.3 Å². The molecule has 2 N–H and O–H groups in total. The fraction of sp³-hybridized carbons (Fsp3) is 0.750. The largest absolute Gasteiger partial charge is 0.396 e. The van der Waals surface area contributed by atoms with E-state index in [1.54, 1.807) is 0 Å². The Bertz CT molecular complexity index is 411. The maximum atomic E-state index is 8.90. The van der Waals surface area contributed by atoms with Crippen molar-refractivity contribution in [2.45, 2.75) is 38.6 Å². The van der Waals surface area contributed by atoms with Gasteiger partial charge in [-0.3, -0.25) is 0 Å². The predicted octanol–water partition coefficient (Wildman–Crippen LogP) is 1.70. The van der Waals surface area contributed by atoms with Gasteiger partial charge in [-0.1, -0.05) is 0 Å². The monoisotopic (exact) mass is 285 g/mol. The third-order valence-electron chi connectivity index (χ3n) is 3.17. The number of anilines is 2. The zero-order chi connectivity index (χ0) is 13.7. The second-order valence-corrected chi connectivity index (χ2v) is 5.17. The molecule has 0 aromatic carbocycles. The minimum absolute atomic E-state index is 0.0951. The fourth-order valence-corrected chi connectivity index (χ4v) is 2.28. The van der Waals surface area contributed by atoms with Crippen molar-refractivity contribution in [2.75, 3.05) is 29.9 Å². The van der Waals surface area contributed by atoms with E-state index in [0.717, 1.165) is 25.9 Å². The number of hydrogen-bond acceptors (Lipinski definition) is 6. The number of hydrogen-bond donors (Lipinski definition) is 2. The van der Waals surface area contributed by atoms with Crippen molar-refractivity contribution in [3.05, 3.63) is 5.28 Å². The number of halogens is 1. The molecule has 106 valence electrons. The average Bonchev–Trinajstić information content (AvgIpc) is 2.39. The Labute approximate surface area is 118 Å². The van der Waals surface area contributed by atoms with Crippen LogP contribution < -0.4 is 10.2 Å². The quantitative estimate of drug-likeness (QED) is 0.858. The summed E-state index contributed by atoms with van der Waals surface area (Å²) in [7, 11) is 0. The van der Waals surface area contributed by atoms with Crippen LogP contribution in [0.4, 0.5) is 11.9 Å². The lowest BCUT2D eigenvalue weighted by atomic mass is 10.1. The molecule has 2 rings (SSSR count). The summed E-state index contributed by atoms with van der Waals surface area (Å²) in [6.07, 6.45) is 4.22. The second-order valence-electron chi connectivity index (χ2n) is 4.83. The topological polar surface area (TPSA) is 74.2 Å². The first-order chi connectivity index (χ1) is 9.19. The van der Waals surface area contributed by atoms with Crippen molar-refractivity contribution in [2.24, 2.45) is 0 Å². The Morgan fingerprint density at radius 2 is 2.00 bits per heavy atom. The molecule has 6 nitrogen and oxygen atoms in total. The van der Waals surface area contributed by atoms with Gasteiger partial charge in [0.25, 0.3) is 0 Å². The summed E-state index contributed by atoms with van der Waals surface area (Å²) in [5.41, 5.74) is 0. The third-order valence-corrected chi connectivity index (χ3v) is 3.34. The van der Waals surface area contributed by atoms with Crippen molar-refractivity contribution in [3.63, 3.8) is 0 Å². The van der Waals surface area contributed by atoms with E-state index in [9.17, 15) is 0 Å². The highest BCUT2D eigenvalue weighted by molar-refractivity contribution is 6.28. The summed E-state index contributed by atoms with van der Waals surface area (Å²) >= 11 is 5.95. The normalized spacial score (nSPS) is 17.3. The second kappa shape index (κ2) is 6.86. The van der Waals surface area contributed by atoms with E-state index < -0.39 is 0 Å². The van der Waals surface area contributed by atoms with E-state index in [4.69, 9.17) is 16.7 Å². The van der Waals surface area contributed by atoms with Gasteiger partial charge in [0.1, 0.15) is 0 Å². The first kappa shape index (κ1) is 14.3. The Hall–Kier alpha value is -1.14. The number of piperidine rings is 1. The molecule has 0 saturated carbocycles. The molecule has 1 aliphatic rings. The Morgan fingerprint density at radius 1 is 1.26 bits per heavy atom. The van der Waals surface area contributed by atoms with Crippen LogP contribution in [-0.2, 0) is 0 Å². The molecule has 1 fully saturated rings. The van der Waals surface area contributed by atoms with Crippen molar-refractivity contribution in [3.8, 4) is 0 Å². The van der Waals surface area contributed by atoms with Crippen LogP contribution >= 0.6 is 11.6 Å². The number of nitrogens with one attached hydrogen (secondary N) is 1. The molecule has 0 radical (unpaired) electrons. The molecular formula is C12H20ClN5O. The van der Waals surface area contributed by atoms with Crippen LogP contribution in [0.3, 0.4) is 0 Å². The zero-order valence-corrected chi connectivity index (χ0v) is 11.9. The minimum Gasteiger partial charge on any atom is -0.396 e. The molecule has 0 amide bonds. The lowest BCUT2D eigenvalue weighted by Gasteiger charge is -2.26. The van der Waals surface area contributed by atoms with Crippen molar-refractivity contribution in [1.29, 1.82) is 0 Å². The zero-order valence-electron chi connectivity index (χ0n) is 11.1. The fourth-order valence-electron chi connectivity index (χ4n) is 2.13. The number of aliphatic hydroxyl groups is 1. The number of aliphatic hydroxyl groups excluding tert-OH is 1. The maximum Gasteiger partial charge on any atom is 0.231 e. The van der Waals surface area contributed by atoms with Crippen LogP contribution in [-0.4, -0.2) is 45.8 Å². The first-order valence-corrected chi connectivity index (χ1v) is 7.11. The van der Waals surface area contributed by atoms with Gasteiger partial charge in [-0.25, -0.2) is 0 Å². The molecule has 0 aliphatic carbocycles. The van der Waals surface area contributed by atoms with Gasteiger partial charge in [-0.2, -0.15) is 15.0 Å². The molecule has 1 aromatic heterocycles. The highest BCUT2D eigenvalue weighted by Crippen LogP contribution is 2.18. The molecule has 19 heavy (non-hydrogen) atoms. The van der Waals surface area contributed by atoms with Gasteiger partial charge < -0.3 is 15.3 Å². The van der Waals surface area contributed by atoms with E-state index in [-0.39, 0.29) is 17.9 Å². The van der Waals surface area contributed by atoms with Gasteiger partial charge in [0, 0.05) is 25.7 Å². The SMILES string of the molecule is CC(CCO)Nc1nc(Cl)nc(N2CCCCC2)n1. The molecule has 7 heteroatoms. The Balaban J connectivity index is 2.09. The Kier molecular flexibility index (Phi) is 5.15. The number of rotatable bonds is 5. The molecule has 0 bridgehead atoms. The minimum atomic E-state index is 0.0951. The third kappa shape index (κ3) is 4.18. The summed E-state index contributed by atoms with van der Waals surface area (Å²) in [6, 6.07) is 0.0951. The van der Waals surface area contributed by atoms with Crippen LogP contribution in [0, 0.1) is 0 Å². The molecule has 1 unspecified atom stereocenters. The van der Waals surface area contributed by atoms with Crippen LogP contribution in [0.15, 0.2) is 0 Å². The van der Waals surface area contributed by atoms with Crippen LogP contribution in [0.5, 0.6) is 0 Å².